The minimum Gasteiger partial charge on any atom is -0.480 e. The molecule has 1 saturated carbocycles. The molecule has 2 heterocycles. The monoisotopic (exact) mass is 462 g/mol. The number of amidine groups is 1. The number of nitrogens with zero attached hydrogens (tertiary/aromatic N) is 1. The summed E-state index contributed by atoms with van der Waals surface area (Å²) >= 11 is 0. The Bertz CT molecular complexity index is 764. The first-order valence-corrected chi connectivity index (χ1v) is 12.2. The topological polar surface area (TPSA) is 161 Å². The lowest BCUT2D eigenvalue weighted by molar-refractivity contribution is -0.141. The van der Waals surface area contributed by atoms with Crippen LogP contribution >= 0.6 is 0 Å². The molecule has 2 amide bonds. The average Bonchev–Trinajstić information content (AvgIpc) is 3.30. The van der Waals surface area contributed by atoms with Crippen molar-refractivity contribution in [3.05, 3.63) is 11.8 Å². The highest BCUT2D eigenvalue weighted by atomic mass is 16.4. The zero-order valence-electron chi connectivity index (χ0n) is 19.3. The molecule has 1 unspecified atom stereocenters. The molecule has 3 rings (SSSR count). The van der Waals surface area contributed by atoms with Crippen molar-refractivity contribution in [3.63, 3.8) is 0 Å². The van der Waals surface area contributed by atoms with Crippen molar-refractivity contribution in [2.45, 2.75) is 82.3 Å². The smallest absolute Gasteiger partial charge is 0.317 e. The summed E-state index contributed by atoms with van der Waals surface area (Å²) in [6.45, 7) is 0.679. The van der Waals surface area contributed by atoms with Crippen LogP contribution < -0.4 is 21.7 Å². The Balaban J connectivity index is 1.56. The Morgan fingerprint density at radius 1 is 1.18 bits per heavy atom. The molecule has 33 heavy (non-hydrogen) atoms. The number of amides is 2. The fraction of sp³-hybridized carbons (Fsp3) is 0.739. The van der Waals surface area contributed by atoms with Crippen LogP contribution in [0.2, 0.25) is 0 Å². The molecule has 0 aromatic heterocycles. The SMILES string of the molecule is N=C(N)C1=CNC(CNC(=O)[C@@H]2CCCN2C(=O)[C@@H](CC2CCCCC2)NCC(=O)O)CC1. The van der Waals surface area contributed by atoms with Crippen LogP contribution in [0.3, 0.4) is 0 Å². The van der Waals surface area contributed by atoms with Gasteiger partial charge in [0.05, 0.1) is 12.6 Å². The number of hydrogen-bond acceptors (Lipinski definition) is 6. The van der Waals surface area contributed by atoms with Crippen LogP contribution in [0, 0.1) is 11.3 Å². The van der Waals surface area contributed by atoms with Gasteiger partial charge in [-0.1, -0.05) is 32.1 Å². The van der Waals surface area contributed by atoms with E-state index in [4.69, 9.17) is 16.2 Å². The minimum absolute atomic E-state index is 0.0545. The van der Waals surface area contributed by atoms with E-state index in [9.17, 15) is 14.4 Å². The number of hydrogen-bond donors (Lipinski definition) is 6. The third-order valence-corrected chi connectivity index (χ3v) is 7.05. The molecule has 2 aliphatic heterocycles. The maximum atomic E-state index is 13.4. The van der Waals surface area contributed by atoms with E-state index < -0.39 is 18.1 Å². The molecule has 10 heteroatoms. The van der Waals surface area contributed by atoms with Gasteiger partial charge in [0, 0.05) is 30.9 Å². The minimum atomic E-state index is -0.992. The highest BCUT2D eigenvalue weighted by Crippen LogP contribution is 2.29. The summed E-state index contributed by atoms with van der Waals surface area (Å²) < 4.78 is 0. The van der Waals surface area contributed by atoms with Crippen LogP contribution in [0.1, 0.15) is 64.2 Å². The second-order valence-electron chi connectivity index (χ2n) is 9.49. The molecular weight excluding hydrogens is 424 g/mol. The summed E-state index contributed by atoms with van der Waals surface area (Å²) in [6, 6.07) is -1.04. The third-order valence-electron chi connectivity index (χ3n) is 7.05. The summed E-state index contributed by atoms with van der Waals surface area (Å²) in [6.07, 6.45) is 10.8. The fourth-order valence-electron chi connectivity index (χ4n) is 5.16. The molecule has 10 nitrogen and oxygen atoms in total. The van der Waals surface area contributed by atoms with Gasteiger partial charge >= 0.3 is 5.97 Å². The van der Waals surface area contributed by atoms with Crippen molar-refractivity contribution in [3.8, 4) is 0 Å². The van der Waals surface area contributed by atoms with E-state index in [0.29, 0.717) is 38.3 Å². The van der Waals surface area contributed by atoms with Crippen LogP contribution in [0.25, 0.3) is 0 Å². The summed E-state index contributed by atoms with van der Waals surface area (Å²) in [4.78, 5) is 39.1. The second-order valence-corrected chi connectivity index (χ2v) is 9.49. The largest absolute Gasteiger partial charge is 0.480 e. The molecule has 0 spiro atoms. The van der Waals surface area contributed by atoms with E-state index in [2.05, 4.69) is 16.0 Å². The molecule has 3 atom stereocenters. The van der Waals surface area contributed by atoms with Crippen LogP contribution in [-0.2, 0) is 14.4 Å². The van der Waals surface area contributed by atoms with Crippen LogP contribution in [0.5, 0.6) is 0 Å². The predicted octanol–water partition coefficient (Wildman–Crippen LogP) is 0.679. The van der Waals surface area contributed by atoms with Gasteiger partial charge in [0.1, 0.15) is 11.9 Å². The van der Waals surface area contributed by atoms with Gasteiger partial charge < -0.3 is 26.4 Å². The van der Waals surface area contributed by atoms with Gasteiger partial charge in [-0.3, -0.25) is 25.1 Å². The first kappa shape index (κ1) is 25.0. The van der Waals surface area contributed by atoms with Crippen molar-refractivity contribution < 1.29 is 19.5 Å². The van der Waals surface area contributed by atoms with E-state index in [1.54, 1.807) is 11.1 Å². The van der Waals surface area contributed by atoms with Gasteiger partial charge in [-0.2, -0.15) is 0 Å². The lowest BCUT2D eigenvalue weighted by atomic mass is 9.84. The maximum absolute atomic E-state index is 13.4. The molecule has 0 aromatic rings. The highest BCUT2D eigenvalue weighted by Gasteiger charge is 2.38. The molecule has 0 radical (unpaired) electrons. The Labute approximate surface area is 195 Å². The number of carbonyl (C=O) groups excluding carboxylic acids is 2. The van der Waals surface area contributed by atoms with Crippen LogP contribution in [-0.4, -0.2) is 71.4 Å². The Hall–Kier alpha value is -2.62. The normalized spacial score (nSPS) is 24.5. The van der Waals surface area contributed by atoms with Crippen molar-refractivity contribution in [2.24, 2.45) is 11.7 Å². The standard InChI is InChI=1S/C23H38N6O4/c24-21(25)16-8-9-17(26-12-16)13-28-22(32)19-7-4-10-29(19)23(33)18(27-14-20(30)31)11-15-5-2-1-3-6-15/h12,15,17-19,26-27H,1-11,13-14H2,(H3,24,25)(H,28,32)(H,30,31)/t17?,18-,19+/m1/s1. The lowest BCUT2D eigenvalue weighted by Crippen LogP contribution is -2.54. The number of nitrogens with two attached hydrogens (primary N) is 1. The average molecular weight is 463 g/mol. The summed E-state index contributed by atoms with van der Waals surface area (Å²) in [7, 11) is 0. The number of aliphatic carboxylic acids is 1. The molecule has 1 saturated heterocycles. The number of rotatable bonds is 10. The van der Waals surface area contributed by atoms with Crippen molar-refractivity contribution in [2.75, 3.05) is 19.6 Å². The van der Waals surface area contributed by atoms with Gasteiger partial charge in [-0.05, 0) is 38.0 Å². The highest BCUT2D eigenvalue weighted by molar-refractivity contribution is 5.94. The van der Waals surface area contributed by atoms with Crippen LogP contribution in [0.15, 0.2) is 11.8 Å². The zero-order valence-corrected chi connectivity index (χ0v) is 19.3. The zero-order chi connectivity index (χ0) is 23.8. The number of carbonyl (C=O) groups is 3. The van der Waals surface area contributed by atoms with E-state index in [-0.39, 0.29) is 30.2 Å². The Kier molecular flexibility index (Phi) is 9.11. The van der Waals surface area contributed by atoms with Crippen molar-refractivity contribution in [1.29, 1.82) is 5.41 Å². The third kappa shape index (κ3) is 7.18. The number of carboxylic acids is 1. The van der Waals surface area contributed by atoms with E-state index >= 15 is 0 Å². The van der Waals surface area contributed by atoms with E-state index in [0.717, 1.165) is 44.1 Å². The summed E-state index contributed by atoms with van der Waals surface area (Å²) in [5.41, 5.74) is 6.28. The van der Waals surface area contributed by atoms with Gasteiger partial charge in [-0.15, -0.1) is 0 Å². The molecule has 184 valence electrons. The summed E-state index contributed by atoms with van der Waals surface area (Å²) in [5.74, 6) is -0.851. The first-order valence-electron chi connectivity index (χ1n) is 12.2. The first-order chi connectivity index (χ1) is 15.8. The van der Waals surface area contributed by atoms with Gasteiger partial charge in [0.2, 0.25) is 11.8 Å². The fourth-order valence-corrected chi connectivity index (χ4v) is 5.16. The Morgan fingerprint density at radius 3 is 2.58 bits per heavy atom. The molecular formula is C23H38N6O4. The number of carboxylic acid groups (broad SMARTS) is 1. The molecule has 2 fully saturated rings. The van der Waals surface area contributed by atoms with Crippen molar-refractivity contribution in [1.82, 2.24) is 20.9 Å². The molecule has 7 N–H and O–H groups in total. The summed E-state index contributed by atoms with van der Waals surface area (Å²) in [5, 5.41) is 25.7. The molecule has 1 aliphatic carbocycles. The van der Waals surface area contributed by atoms with Crippen molar-refractivity contribution >= 4 is 23.6 Å². The number of nitrogens with one attached hydrogen (secondary N) is 4. The maximum Gasteiger partial charge on any atom is 0.317 e. The Morgan fingerprint density at radius 2 is 1.94 bits per heavy atom. The van der Waals surface area contributed by atoms with E-state index in [1.165, 1.54) is 6.42 Å². The molecule has 0 bridgehead atoms. The number of likely N-dealkylation sites (tertiary alicyclic amines) is 1. The van der Waals surface area contributed by atoms with Gasteiger partial charge in [0.15, 0.2) is 0 Å². The van der Waals surface area contributed by atoms with Gasteiger partial charge in [0.25, 0.3) is 0 Å². The lowest BCUT2D eigenvalue weighted by Gasteiger charge is -2.32. The van der Waals surface area contributed by atoms with E-state index in [1.807, 2.05) is 0 Å². The molecule has 3 aliphatic rings. The quantitative estimate of drug-likeness (QED) is 0.205. The van der Waals surface area contributed by atoms with Crippen LogP contribution in [0.4, 0.5) is 0 Å². The van der Waals surface area contributed by atoms with Gasteiger partial charge in [-0.25, -0.2) is 0 Å². The molecule has 0 aromatic carbocycles. The predicted molar refractivity (Wildman–Crippen MR) is 125 cm³/mol. The second kappa shape index (κ2) is 12.0.